The van der Waals surface area contributed by atoms with Crippen LogP contribution in [0.5, 0.6) is 0 Å². The van der Waals surface area contributed by atoms with E-state index in [2.05, 4.69) is 18.8 Å². The molecule has 4 nitrogen and oxygen atoms in total. The van der Waals surface area contributed by atoms with Crippen LogP contribution in [0, 0.1) is 5.92 Å². The molecule has 0 radical (unpaired) electrons. The Morgan fingerprint density at radius 1 is 1.38 bits per heavy atom. The standard InChI is InChI=1S/C16H25ClN2O2/c1-12(2)8-9-19(15(20)21-16(3,4)5)11-13-6-7-14(17)18-10-13/h6-7,10,12H,8-9,11H2,1-5H3. The zero-order valence-electron chi connectivity index (χ0n) is 13.5. The molecular formula is C16H25ClN2O2. The lowest BCUT2D eigenvalue weighted by Crippen LogP contribution is -2.37. The molecule has 1 amide bonds. The summed E-state index contributed by atoms with van der Waals surface area (Å²) in [7, 11) is 0. The summed E-state index contributed by atoms with van der Waals surface area (Å²) in [6, 6.07) is 3.61. The van der Waals surface area contributed by atoms with E-state index in [0.717, 1.165) is 12.0 Å². The van der Waals surface area contributed by atoms with E-state index in [1.165, 1.54) is 0 Å². The molecule has 0 atom stereocenters. The minimum Gasteiger partial charge on any atom is -0.444 e. The van der Waals surface area contributed by atoms with Gasteiger partial charge in [-0.25, -0.2) is 9.78 Å². The first-order chi connectivity index (χ1) is 9.67. The van der Waals surface area contributed by atoms with Crippen LogP contribution in [-0.4, -0.2) is 28.1 Å². The van der Waals surface area contributed by atoms with Crippen LogP contribution >= 0.6 is 11.6 Å². The Morgan fingerprint density at radius 2 is 2.05 bits per heavy atom. The van der Waals surface area contributed by atoms with Crippen LogP contribution in [0.15, 0.2) is 18.3 Å². The van der Waals surface area contributed by atoms with Gasteiger partial charge in [-0.3, -0.25) is 0 Å². The van der Waals surface area contributed by atoms with Crippen LogP contribution < -0.4 is 0 Å². The summed E-state index contributed by atoms with van der Waals surface area (Å²) in [4.78, 5) is 18.1. The number of rotatable bonds is 5. The van der Waals surface area contributed by atoms with Crippen LogP contribution in [0.4, 0.5) is 4.79 Å². The number of pyridine rings is 1. The van der Waals surface area contributed by atoms with E-state index < -0.39 is 5.60 Å². The fraction of sp³-hybridized carbons (Fsp3) is 0.625. The van der Waals surface area contributed by atoms with Crippen molar-refractivity contribution in [2.24, 2.45) is 5.92 Å². The zero-order valence-corrected chi connectivity index (χ0v) is 14.3. The maximum absolute atomic E-state index is 12.3. The lowest BCUT2D eigenvalue weighted by Gasteiger charge is -2.28. The SMILES string of the molecule is CC(C)CCN(Cc1ccc(Cl)nc1)C(=O)OC(C)(C)C. The van der Waals surface area contributed by atoms with E-state index in [4.69, 9.17) is 16.3 Å². The molecule has 1 heterocycles. The van der Waals surface area contributed by atoms with Crippen molar-refractivity contribution >= 4 is 17.7 Å². The van der Waals surface area contributed by atoms with Gasteiger partial charge in [0.2, 0.25) is 0 Å². The molecule has 0 N–H and O–H groups in total. The van der Waals surface area contributed by atoms with E-state index in [9.17, 15) is 4.79 Å². The van der Waals surface area contributed by atoms with E-state index >= 15 is 0 Å². The van der Waals surface area contributed by atoms with E-state index in [-0.39, 0.29) is 6.09 Å². The topological polar surface area (TPSA) is 42.4 Å². The lowest BCUT2D eigenvalue weighted by molar-refractivity contribution is 0.0225. The first-order valence-electron chi connectivity index (χ1n) is 7.26. The average molecular weight is 313 g/mol. The molecule has 0 aliphatic rings. The van der Waals surface area contributed by atoms with Gasteiger partial charge in [0.05, 0.1) is 6.54 Å². The maximum Gasteiger partial charge on any atom is 0.410 e. The Bertz CT molecular complexity index is 452. The molecule has 0 spiro atoms. The molecule has 0 aliphatic carbocycles. The number of carbonyl (C=O) groups excluding carboxylic acids is 1. The summed E-state index contributed by atoms with van der Waals surface area (Å²) in [6.07, 6.45) is 2.33. The van der Waals surface area contributed by atoms with E-state index in [1.54, 1.807) is 17.2 Å². The maximum atomic E-state index is 12.3. The van der Waals surface area contributed by atoms with E-state index in [1.807, 2.05) is 26.8 Å². The molecular weight excluding hydrogens is 288 g/mol. The molecule has 0 bridgehead atoms. The fourth-order valence-electron chi connectivity index (χ4n) is 1.70. The highest BCUT2D eigenvalue weighted by Gasteiger charge is 2.22. The van der Waals surface area contributed by atoms with Gasteiger partial charge >= 0.3 is 6.09 Å². The third kappa shape index (κ3) is 7.32. The summed E-state index contributed by atoms with van der Waals surface area (Å²) in [5, 5.41) is 0.449. The summed E-state index contributed by atoms with van der Waals surface area (Å²) >= 11 is 5.78. The van der Waals surface area contributed by atoms with Crippen molar-refractivity contribution in [1.29, 1.82) is 0 Å². The molecule has 1 aromatic heterocycles. The molecule has 0 fully saturated rings. The van der Waals surface area contributed by atoms with Crippen LogP contribution in [0.25, 0.3) is 0 Å². The summed E-state index contributed by atoms with van der Waals surface area (Å²) in [5.41, 5.74) is 0.444. The molecule has 21 heavy (non-hydrogen) atoms. The second kappa shape index (κ2) is 7.64. The molecule has 0 aromatic carbocycles. The van der Waals surface area contributed by atoms with Gasteiger partial charge in [-0.2, -0.15) is 0 Å². The average Bonchev–Trinajstić information content (AvgIpc) is 2.34. The Morgan fingerprint density at radius 3 is 2.52 bits per heavy atom. The fourth-order valence-corrected chi connectivity index (χ4v) is 1.81. The number of amides is 1. The molecule has 5 heteroatoms. The van der Waals surface area contributed by atoms with Gasteiger partial charge in [0.15, 0.2) is 0 Å². The highest BCUT2D eigenvalue weighted by atomic mass is 35.5. The van der Waals surface area contributed by atoms with Crippen molar-refractivity contribution in [1.82, 2.24) is 9.88 Å². The third-order valence-corrected chi connectivity index (χ3v) is 3.01. The number of ether oxygens (including phenoxy) is 1. The third-order valence-electron chi connectivity index (χ3n) is 2.79. The largest absolute Gasteiger partial charge is 0.444 e. The van der Waals surface area contributed by atoms with Gasteiger partial charge in [0, 0.05) is 12.7 Å². The van der Waals surface area contributed by atoms with Crippen molar-refractivity contribution in [2.75, 3.05) is 6.54 Å². The van der Waals surface area contributed by atoms with Crippen LogP contribution in [0.3, 0.4) is 0 Å². The van der Waals surface area contributed by atoms with Crippen molar-refractivity contribution < 1.29 is 9.53 Å². The van der Waals surface area contributed by atoms with Crippen molar-refractivity contribution in [3.8, 4) is 0 Å². The van der Waals surface area contributed by atoms with Crippen molar-refractivity contribution in [3.63, 3.8) is 0 Å². The van der Waals surface area contributed by atoms with E-state index in [0.29, 0.717) is 24.2 Å². The van der Waals surface area contributed by atoms with Gasteiger partial charge in [0.1, 0.15) is 10.8 Å². The highest BCUT2D eigenvalue weighted by Crippen LogP contribution is 2.15. The number of hydrogen-bond donors (Lipinski definition) is 0. The number of carbonyl (C=O) groups is 1. The van der Waals surface area contributed by atoms with Crippen LogP contribution in [0.1, 0.15) is 46.6 Å². The molecule has 0 unspecified atom stereocenters. The van der Waals surface area contributed by atoms with Gasteiger partial charge in [-0.15, -0.1) is 0 Å². The number of nitrogens with zero attached hydrogens (tertiary/aromatic N) is 2. The summed E-state index contributed by atoms with van der Waals surface area (Å²) in [5.74, 6) is 0.526. The predicted molar refractivity (Wildman–Crippen MR) is 85.3 cm³/mol. The number of hydrogen-bond acceptors (Lipinski definition) is 3. The molecule has 0 saturated heterocycles. The Kier molecular flexibility index (Phi) is 6.46. The van der Waals surface area contributed by atoms with Crippen molar-refractivity contribution in [3.05, 3.63) is 29.0 Å². The van der Waals surface area contributed by atoms with Crippen LogP contribution in [-0.2, 0) is 11.3 Å². The minimum absolute atomic E-state index is 0.293. The molecule has 1 aromatic rings. The normalized spacial score (nSPS) is 11.6. The van der Waals surface area contributed by atoms with Gasteiger partial charge in [-0.05, 0) is 44.7 Å². The van der Waals surface area contributed by atoms with Crippen molar-refractivity contribution in [2.45, 2.75) is 53.2 Å². The lowest BCUT2D eigenvalue weighted by atomic mass is 10.1. The first-order valence-corrected chi connectivity index (χ1v) is 7.63. The monoisotopic (exact) mass is 312 g/mol. The Labute approximate surface area is 132 Å². The predicted octanol–water partition coefficient (Wildman–Crippen LogP) is 4.52. The molecule has 0 saturated carbocycles. The molecule has 0 aliphatic heterocycles. The molecule has 1 rings (SSSR count). The first kappa shape index (κ1) is 17.8. The van der Waals surface area contributed by atoms with Gasteiger partial charge in [0.25, 0.3) is 0 Å². The number of halogens is 1. The number of aromatic nitrogens is 1. The highest BCUT2D eigenvalue weighted by molar-refractivity contribution is 6.29. The van der Waals surface area contributed by atoms with Crippen LogP contribution in [0.2, 0.25) is 5.15 Å². The zero-order chi connectivity index (χ0) is 16.0. The van der Waals surface area contributed by atoms with Gasteiger partial charge in [-0.1, -0.05) is 31.5 Å². The smallest absolute Gasteiger partial charge is 0.410 e. The Hall–Kier alpha value is -1.29. The summed E-state index contributed by atoms with van der Waals surface area (Å²) in [6.45, 7) is 11.0. The Balaban J connectivity index is 2.76. The second-order valence-electron chi connectivity index (χ2n) is 6.57. The quantitative estimate of drug-likeness (QED) is 0.751. The molecule has 118 valence electrons. The minimum atomic E-state index is -0.495. The van der Waals surface area contributed by atoms with Gasteiger partial charge < -0.3 is 9.64 Å². The second-order valence-corrected chi connectivity index (χ2v) is 6.96. The summed E-state index contributed by atoms with van der Waals surface area (Å²) < 4.78 is 5.47.